The quantitative estimate of drug-likeness (QED) is 0.655. The van der Waals surface area contributed by atoms with E-state index in [1.54, 1.807) is 12.1 Å². The number of methoxy groups -OCH3 is 1. The second-order valence-corrected chi connectivity index (χ2v) is 3.82. The predicted molar refractivity (Wildman–Crippen MR) is 69.6 cm³/mol. The van der Waals surface area contributed by atoms with Crippen molar-refractivity contribution in [3.05, 3.63) is 48.0 Å². The van der Waals surface area contributed by atoms with Crippen molar-refractivity contribution in [3.63, 3.8) is 0 Å². The number of halogens is 1. The van der Waals surface area contributed by atoms with Gasteiger partial charge in [-0.1, -0.05) is 0 Å². The van der Waals surface area contributed by atoms with Gasteiger partial charge in [-0.3, -0.25) is 4.79 Å². The third-order valence-corrected chi connectivity index (χ3v) is 2.41. The maximum absolute atomic E-state index is 12.6. The Balaban J connectivity index is 2.20. The van der Waals surface area contributed by atoms with Crippen molar-refractivity contribution in [1.82, 2.24) is 4.98 Å². The maximum Gasteiger partial charge on any atom is 0.255 e. The molecule has 1 aromatic carbocycles. The number of ether oxygens (including phenoxy) is 1. The van der Waals surface area contributed by atoms with Crippen LogP contribution in [0, 0.1) is 5.95 Å². The molecule has 3 N–H and O–H groups in total. The van der Waals surface area contributed by atoms with E-state index in [2.05, 4.69) is 10.3 Å². The van der Waals surface area contributed by atoms with Crippen LogP contribution in [0.25, 0.3) is 0 Å². The van der Waals surface area contributed by atoms with Gasteiger partial charge in [-0.15, -0.1) is 0 Å². The zero-order chi connectivity index (χ0) is 13.8. The van der Waals surface area contributed by atoms with Gasteiger partial charge < -0.3 is 15.8 Å². The Morgan fingerprint density at radius 1 is 1.37 bits per heavy atom. The Morgan fingerprint density at radius 3 is 2.79 bits per heavy atom. The largest absolute Gasteiger partial charge is 0.497 e. The minimum absolute atomic E-state index is 0.348. The number of amides is 1. The van der Waals surface area contributed by atoms with Crippen LogP contribution in [0.2, 0.25) is 0 Å². The number of nitrogens with one attached hydrogen (secondary N) is 1. The fourth-order valence-electron chi connectivity index (χ4n) is 1.52. The first-order valence-corrected chi connectivity index (χ1v) is 5.46. The molecular formula is C13H12FN3O2. The van der Waals surface area contributed by atoms with Crippen molar-refractivity contribution in [2.24, 2.45) is 0 Å². The molecule has 0 spiro atoms. The standard InChI is InChI=1S/C13H12FN3O2/c1-19-11-5-8(4-9(15)6-11)13(18)17-10-2-3-12(14)16-7-10/h2-7H,15H2,1H3,(H,17,18). The van der Waals surface area contributed by atoms with Crippen molar-refractivity contribution in [2.45, 2.75) is 0 Å². The number of carbonyl (C=O) groups excluding carboxylic acids is 1. The third-order valence-electron chi connectivity index (χ3n) is 2.41. The lowest BCUT2D eigenvalue weighted by molar-refractivity contribution is 0.102. The summed E-state index contributed by atoms with van der Waals surface area (Å²) in [5.41, 5.74) is 6.83. The number of hydrogen-bond acceptors (Lipinski definition) is 4. The molecule has 0 saturated heterocycles. The second kappa shape index (κ2) is 5.34. The van der Waals surface area contributed by atoms with E-state index >= 15 is 0 Å². The van der Waals surface area contributed by atoms with E-state index in [4.69, 9.17) is 10.5 Å². The van der Waals surface area contributed by atoms with Gasteiger partial charge in [0, 0.05) is 17.3 Å². The number of carbonyl (C=O) groups is 1. The fraction of sp³-hybridized carbons (Fsp3) is 0.0769. The van der Waals surface area contributed by atoms with Crippen LogP contribution in [0.15, 0.2) is 36.5 Å². The Kier molecular flexibility index (Phi) is 3.61. The molecule has 0 aliphatic carbocycles. The maximum atomic E-state index is 12.6. The minimum atomic E-state index is -0.608. The first-order valence-electron chi connectivity index (χ1n) is 5.46. The number of nitrogens with two attached hydrogens (primary N) is 1. The van der Waals surface area contributed by atoms with Gasteiger partial charge in [0.05, 0.1) is 19.0 Å². The molecule has 0 saturated carbocycles. The Hall–Kier alpha value is -2.63. The molecule has 2 aromatic rings. The smallest absolute Gasteiger partial charge is 0.255 e. The van der Waals surface area contributed by atoms with Gasteiger partial charge in [0.2, 0.25) is 5.95 Å². The molecule has 0 radical (unpaired) electrons. The normalized spacial score (nSPS) is 10.0. The number of rotatable bonds is 3. The summed E-state index contributed by atoms with van der Waals surface area (Å²) >= 11 is 0. The molecule has 98 valence electrons. The van der Waals surface area contributed by atoms with Crippen LogP contribution in [0.1, 0.15) is 10.4 Å². The van der Waals surface area contributed by atoms with Crippen LogP contribution in [-0.2, 0) is 0 Å². The first kappa shape index (κ1) is 12.8. The Morgan fingerprint density at radius 2 is 2.16 bits per heavy atom. The number of benzene rings is 1. The average Bonchev–Trinajstić information content (AvgIpc) is 2.40. The summed E-state index contributed by atoms with van der Waals surface area (Å²) in [5.74, 6) is -0.495. The summed E-state index contributed by atoms with van der Waals surface area (Å²) in [6, 6.07) is 7.27. The van der Waals surface area contributed by atoms with Gasteiger partial charge in [-0.05, 0) is 24.3 Å². The number of hydrogen-bond donors (Lipinski definition) is 2. The van der Waals surface area contributed by atoms with E-state index in [-0.39, 0.29) is 5.91 Å². The number of nitrogen functional groups attached to an aromatic ring is 1. The zero-order valence-corrected chi connectivity index (χ0v) is 10.2. The summed E-state index contributed by atoms with van der Waals surface area (Å²) in [6.45, 7) is 0. The van der Waals surface area contributed by atoms with Crippen LogP contribution >= 0.6 is 0 Å². The number of nitrogens with zero attached hydrogens (tertiary/aromatic N) is 1. The molecule has 5 nitrogen and oxygen atoms in total. The van der Waals surface area contributed by atoms with Crippen LogP contribution in [-0.4, -0.2) is 18.0 Å². The van der Waals surface area contributed by atoms with Gasteiger partial charge in [0.15, 0.2) is 0 Å². The van der Waals surface area contributed by atoms with Gasteiger partial charge >= 0.3 is 0 Å². The van der Waals surface area contributed by atoms with Crippen molar-refractivity contribution in [2.75, 3.05) is 18.2 Å². The molecule has 0 aliphatic heterocycles. The molecular weight excluding hydrogens is 249 g/mol. The predicted octanol–water partition coefficient (Wildman–Crippen LogP) is 2.06. The summed E-state index contributed by atoms with van der Waals surface area (Å²) in [5, 5.41) is 2.58. The summed E-state index contributed by atoms with van der Waals surface area (Å²) < 4.78 is 17.7. The van der Waals surface area contributed by atoms with Gasteiger partial charge in [-0.25, -0.2) is 4.98 Å². The molecule has 2 rings (SSSR count). The zero-order valence-electron chi connectivity index (χ0n) is 10.2. The van der Waals surface area contributed by atoms with Crippen molar-refractivity contribution in [1.29, 1.82) is 0 Å². The van der Waals surface area contributed by atoms with Crippen molar-refractivity contribution in [3.8, 4) is 5.75 Å². The summed E-state index contributed by atoms with van der Waals surface area (Å²) in [4.78, 5) is 15.4. The molecule has 6 heteroatoms. The van der Waals surface area contributed by atoms with Crippen LogP contribution < -0.4 is 15.8 Å². The number of anilines is 2. The van der Waals surface area contributed by atoms with E-state index in [0.717, 1.165) is 6.07 Å². The molecule has 0 fully saturated rings. The highest BCUT2D eigenvalue weighted by molar-refractivity contribution is 6.05. The lowest BCUT2D eigenvalue weighted by Gasteiger charge is -2.07. The van der Waals surface area contributed by atoms with Gasteiger partial charge in [0.25, 0.3) is 5.91 Å². The number of aromatic nitrogens is 1. The molecule has 19 heavy (non-hydrogen) atoms. The highest BCUT2D eigenvalue weighted by atomic mass is 19.1. The third kappa shape index (κ3) is 3.19. The molecule has 1 aromatic heterocycles. The average molecular weight is 261 g/mol. The lowest BCUT2D eigenvalue weighted by Crippen LogP contribution is -2.12. The van der Waals surface area contributed by atoms with E-state index < -0.39 is 5.95 Å². The van der Waals surface area contributed by atoms with E-state index in [0.29, 0.717) is 22.7 Å². The summed E-state index contributed by atoms with van der Waals surface area (Å²) in [7, 11) is 1.49. The Labute approximate surface area is 109 Å². The number of pyridine rings is 1. The van der Waals surface area contributed by atoms with Gasteiger partial charge in [0.1, 0.15) is 5.75 Å². The lowest BCUT2D eigenvalue weighted by atomic mass is 10.1. The second-order valence-electron chi connectivity index (χ2n) is 3.82. The molecule has 1 amide bonds. The minimum Gasteiger partial charge on any atom is -0.497 e. The molecule has 0 atom stereocenters. The van der Waals surface area contributed by atoms with E-state index in [1.165, 1.54) is 25.4 Å². The summed E-state index contributed by atoms with van der Waals surface area (Å²) in [6.07, 6.45) is 1.23. The molecule has 0 unspecified atom stereocenters. The Bertz CT molecular complexity index is 599. The van der Waals surface area contributed by atoms with Crippen molar-refractivity contribution < 1.29 is 13.9 Å². The SMILES string of the molecule is COc1cc(N)cc(C(=O)Nc2ccc(F)nc2)c1. The molecule has 0 aliphatic rings. The highest BCUT2D eigenvalue weighted by Crippen LogP contribution is 2.19. The van der Waals surface area contributed by atoms with Crippen LogP contribution in [0.3, 0.4) is 0 Å². The van der Waals surface area contributed by atoms with Crippen LogP contribution in [0.4, 0.5) is 15.8 Å². The van der Waals surface area contributed by atoms with E-state index in [9.17, 15) is 9.18 Å². The van der Waals surface area contributed by atoms with Crippen LogP contribution in [0.5, 0.6) is 5.75 Å². The highest BCUT2D eigenvalue weighted by Gasteiger charge is 2.09. The van der Waals surface area contributed by atoms with Crippen molar-refractivity contribution >= 4 is 17.3 Å². The first-order chi connectivity index (χ1) is 9.08. The molecule has 1 heterocycles. The monoisotopic (exact) mass is 261 g/mol. The fourth-order valence-corrected chi connectivity index (χ4v) is 1.52. The van der Waals surface area contributed by atoms with Gasteiger partial charge in [-0.2, -0.15) is 4.39 Å². The molecule has 0 bridgehead atoms. The topological polar surface area (TPSA) is 77.2 Å². The van der Waals surface area contributed by atoms with E-state index in [1.807, 2.05) is 0 Å².